The van der Waals surface area contributed by atoms with Gasteiger partial charge < -0.3 is 10.1 Å². The molecule has 0 aliphatic carbocycles. The fraction of sp³-hybridized carbons (Fsp3) is 0.312. The molecule has 1 aromatic heterocycles. The van der Waals surface area contributed by atoms with Gasteiger partial charge in [-0.3, -0.25) is 4.79 Å². The van der Waals surface area contributed by atoms with E-state index in [2.05, 4.69) is 30.8 Å². The molecule has 23 heavy (non-hydrogen) atoms. The second kappa shape index (κ2) is 7.31. The van der Waals surface area contributed by atoms with E-state index in [-0.39, 0.29) is 15.4 Å². The lowest BCUT2D eigenvalue weighted by molar-refractivity contribution is -0.0498. The molecular formula is C16H17F2NO2S2. The van der Waals surface area contributed by atoms with E-state index in [4.69, 9.17) is 0 Å². The highest BCUT2D eigenvalue weighted by Gasteiger charge is 2.18. The molecule has 0 spiro atoms. The van der Waals surface area contributed by atoms with Crippen molar-refractivity contribution in [3.63, 3.8) is 0 Å². The average Bonchev–Trinajstić information content (AvgIpc) is 2.86. The van der Waals surface area contributed by atoms with Crippen LogP contribution >= 0.6 is 23.1 Å². The summed E-state index contributed by atoms with van der Waals surface area (Å²) in [7, 11) is 0. The summed E-state index contributed by atoms with van der Waals surface area (Å²) in [6.45, 7) is 3.41. The number of rotatable bonds is 5. The smallest absolute Gasteiger partial charge is 0.387 e. The number of amides is 1. The van der Waals surface area contributed by atoms with Gasteiger partial charge in [0.25, 0.3) is 5.91 Å². The highest BCUT2D eigenvalue weighted by molar-refractivity contribution is 8.00. The topological polar surface area (TPSA) is 38.3 Å². The number of nitrogens with one attached hydrogen (secondary N) is 1. The largest absolute Gasteiger partial charge is 0.433 e. The molecule has 0 aliphatic rings. The predicted molar refractivity (Wildman–Crippen MR) is 91.0 cm³/mol. The van der Waals surface area contributed by atoms with Crippen molar-refractivity contribution in [3.8, 4) is 5.75 Å². The Balaban J connectivity index is 2.05. The standard InChI is InChI=1S/C16H17F2NO2S2/c1-16(2,3)23-11-6-4-10(5-7-11)19-14(20)13-12(8-9-22-13)21-15(17)18/h4-9,15H,1-3H3,(H,19,20). The highest BCUT2D eigenvalue weighted by Crippen LogP contribution is 2.32. The lowest BCUT2D eigenvalue weighted by atomic mass is 10.3. The van der Waals surface area contributed by atoms with Crippen LogP contribution in [0.2, 0.25) is 0 Å². The molecule has 0 saturated carbocycles. The number of thiophene rings is 1. The van der Waals surface area contributed by atoms with Gasteiger partial charge in [-0.2, -0.15) is 8.78 Å². The zero-order valence-electron chi connectivity index (χ0n) is 12.9. The molecule has 0 saturated heterocycles. The van der Waals surface area contributed by atoms with Crippen LogP contribution in [-0.4, -0.2) is 17.3 Å². The maximum absolute atomic E-state index is 12.3. The quantitative estimate of drug-likeness (QED) is 0.719. The number of alkyl halides is 2. The van der Waals surface area contributed by atoms with Crippen LogP contribution < -0.4 is 10.1 Å². The summed E-state index contributed by atoms with van der Waals surface area (Å²) in [6, 6.07) is 8.75. The molecule has 0 fully saturated rings. The third-order valence-electron chi connectivity index (χ3n) is 2.59. The van der Waals surface area contributed by atoms with Gasteiger partial charge in [-0.15, -0.1) is 23.1 Å². The lowest BCUT2D eigenvalue weighted by Crippen LogP contribution is -2.13. The van der Waals surface area contributed by atoms with Crippen molar-refractivity contribution in [1.29, 1.82) is 0 Å². The summed E-state index contributed by atoms with van der Waals surface area (Å²) in [5.41, 5.74) is 0.602. The van der Waals surface area contributed by atoms with Gasteiger partial charge in [0.1, 0.15) is 10.6 Å². The molecule has 2 aromatic rings. The minimum atomic E-state index is -2.95. The first-order valence-corrected chi connectivity index (χ1v) is 8.57. The van der Waals surface area contributed by atoms with E-state index in [0.29, 0.717) is 5.69 Å². The summed E-state index contributed by atoms with van der Waals surface area (Å²) in [4.78, 5) is 13.4. The number of carbonyl (C=O) groups excluding carboxylic acids is 1. The number of carbonyl (C=O) groups is 1. The maximum Gasteiger partial charge on any atom is 0.387 e. The summed E-state index contributed by atoms with van der Waals surface area (Å²) in [5, 5.41) is 4.22. The van der Waals surface area contributed by atoms with Crippen LogP contribution in [0.5, 0.6) is 5.75 Å². The van der Waals surface area contributed by atoms with Gasteiger partial charge in [-0.1, -0.05) is 20.8 Å². The number of ether oxygens (including phenoxy) is 1. The Hall–Kier alpha value is -1.60. The van der Waals surface area contributed by atoms with E-state index in [0.717, 1.165) is 16.2 Å². The van der Waals surface area contributed by atoms with Gasteiger partial charge in [0, 0.05) is 15.3 Å². The first kappa shape index (κ1) is 17.7. The van der Waals surface area contributed by atoms with Gasteiger partial charge >= 0.3 is 6.61 Å². The van der Waals surface area contributed by atoms with E-state index >= 15 is 0 Å². The van der Waals surface area contributed by atoms with Crippen LogP contribution in [0, 0.1) is 0 Å². The number of hydrogen-bond acceptors (Lipinski definition) is 4. The van der Waals surface area contributed by atoms with Gasteiger partial charge in [0.2, 0.25) is 0 Å². The Labute approximate surface area is 142 Å². The van der Waals surface area contributed by atoms with Gasteiger partial charge in [0.05, 0.1) is 0 Å². The highest BCUT2D eigenvalue weighted by atomic mass is 32.2. The van der Waals surface area contributed by atoms with Gasteiger partial charge in [0.15, 0.2) is 0 Å². The normalized spacial score (nSPS) is 11.6. The van der Waals surface area contributed by atoms with Crippen molar-refractivity contribution in [1.82, 2.24) is 0 Å². The molecule has 1 amide bonds. The Bertz CT molecular complexity index is 663. The minimum absolute atomic E-state index is 0.100. The van der Waals surface area contributed by atoms with E-state index in [9.17, 15) is 13.6 Å². The second-order valence-electron chi connectivity index (χ2n) is 5.69. The van der Waals surface area contributed by atoms with Crippen molar-refractivity contribution >= 4 is 34.7 Å². The maximum atomic E-state index is 12.3. The van der Waals surface area contributed by atoms with Crippen molar-refractivity contribution in [2.45, 2.75) is 37.0 Å². The molecule has 2 rings (SSSR count). The molecule has 1 N–H and O–H groups in total. The molecule has 7 heteroatoms. The number of thioether (sulfide) groups is 1. The molecule has 0 unspecified atom stereocenters. The minimum Gasteiger partial charge on any atom is -0.433 e. The van der Waals surface area contributed by atoms with Crippen LogP contribution in [0.15, 0.2) is 40.6 Å². The molecule has 1 heterocycles. The van der Waals surface area contributed by atoms with Gasteiger partial charge in [-0.05, 0) is 35.7 Å². The first-order valence-electron chi connectivity index (χ1n) is 6.87. The molecule has 124 valence electrons. The first-order chi connectivity index (χ1) is 10.7. The Morgan fingerprint density at radius 2 is 1.87 bits per heavy atom. The summed E-state index contributed by atoms with van der Waals surface area (Å²) in [6.07, 6.45) is 0. The van der Waals surface area contributed by atoms with Crippen molar-refractivity contribution in [2.24, 2.45) is 0 Å². The second-order valence-corrected chi connectivity index (χ2v) is 8.50. The molecule has 0 radical (unpaired) electrons. The van der Waals surface area contributed by atoms with Crippen LogP contribution in [0.4, 0.5) is 14.5 Å². The van der Waals surface area contributed by atoms with Crippen LogP contribution in [0.3, 0.4) is 0 Å². The Morgan fingerprint density at radius 3 is 2.43 bits per heavy atom. The van der Waals surface area contributed by atoms with Crippen LogP contribution in [0.1, 0.15) is 30.4 Å². The molecule has 3 nitrogen and oxygen atoms in total. The zero-order valence-corrected chi connectivity index (χ0v) is 14.6. The van der Waals surface area contributed by atoms with Crippen molar-refractivity contribution in [3.05, 3.63) is 40.6 Å². The molecule has 0 atom stereocenters. The van der Waals surface area contributed by atoms with E-state index < -0.39 is 12.5 Å². The third kappa shape index (κ3) is 5.51. The lowest BCUT2D eigenvalue weighted by Gasteiger charge is -2.17. The van der Waals surface area contributed by atoms with E-state index in [1.807, 2.05) is 12.1 Å². The molecular weight excluding hydrogens is 340 g/mol. The fourth-order valence-corrected chi connectivity index (χ4v) is 3.50. The summed E-state index contributed by atoms with van der Waals surface area (Å²) in [5.74, 6) is -0.575. The molecule has 0 aliphatic heterocycles. The van der Waals surface area contributed by atoms with E-state index in [1.165, 1.54) is 11.4 Å². The Morgan fingerprint density at radius 1 is 1.22 bits per heavy atom. The SMILES string of the molecule is CC(C)(C)Sc1ccc(NC(=O)c2sccc2OC(F)F)cc1. The molecule has 0 bridgehead atoms. The number of halogens is 2. The monoisotopic (exact) mass is 357 g/mol. The summed E-state index contributed by atoms with van der Waals surface area (Å²) >= 11 is 2.78. The number of benzene rings is 1. The number of hydrogen-bond donors (Lipinski definition) is 1. The van der Waals surface area contributed by atoms with Crippen molar-refractivity contribution in [2.75, 3.05) is 5.32 Å². The Kier molecular flexibility index (Phi) is 5.64. The van der Waals surface area contributed by atoms with Crippen molar-refractivity contribution < 1.29 is 18.3 Å². The summed E-state index contributed by atoms with van der Waals surface area (Å²) < 4.78 is 29.0. The van der Waals surface area contributed by atoms with Gasteiger partial charge in [-0.25, -0.2) is 0 Å². The number of anilines is 1. The average molecular weight is 357 g/mol. The van der Waals surface area contributed by atoms with Crippen LogP contribution in [-0.2, 0) is 0 Å². The fourth-order valence-electron chi connectivity index (χ4n) is 1.80. The molecule has 1 aromatic carbocycles. The zero-order chi connectivity index (χ0) is 17.0. The van der Waals surface area contributed by atoms with E-state index in [1.54, 1.807) is 23.9 Å². The third-order valence-corrected chi connectivity index (χ3v) is 4.60. The predicted octanol–water partition coefficient (Wildman–Crippen LogP) is 5.49. The van der Waals surface area contributed by atoms with Crippen LogP contribution in [0.25, 0.3) is 0 Å².